The van der Waals surface area contributed by atoms with E-state index in [-0.39, 0.29) is 18.9 Å². The van der Waals surface area contributed by atoms with Crippen LogP contribution in [0.4, 0.5) is 0 Å². The fourth-order valence-corrected chi connectivity index (χ4v) is 13.6. The van der Waals surface area contributed by atoms with Crippen molar-refractivity contribution in [3.8, 4) is 0 Å². The number of unbranched alkanes of at least 4 members (excludes halogenated alkanes) is 42. The summed E-state index contributed by atoms with van der Waals surface area (Å²) in [7, 11) is 0. The van der Waals surface area contributed by atoms with Gasteiger partial charge in [-0.05, 0) is 57.8 Å². The number of carbonyl (C=O) groups is 1. The molecule has 3 rings (SSSR count). The van der Waals surface area contributed by atoms with Crippen LogP contribution in [-0.4, -0.2) is 193 Å². The Hall–Kier alpha value is -2.25. The number of ether oxygens (including phenoxy) is 6. The lowest BCUT2D eigenvalue weighted by molar-refractivity contribution is -0.379. The van der Waals surface area contributed by atoms with Gasteiger partial charge in [-0.2, -0.15) is 0 Å². The number of nitrogens with one attached hydrogen (secondary N) is 1. The Kier molecular flexibility index (Phi) is 56.0. The number of rotatable bonds is 64. The summed E-state index contributed by atoms with van der Waals surface area (Å²) in [6, 6.07) is -0.973. The monoisotopic (exact) mass is 1410 g/mol. The van der Waals surface area contributed by atoms with Gasteiger partial charge in [-0.15, -0.1) is 0 Å². The summed E-state index contributed by atoms with van der Waals surface area (Å²) in [6.45, 7) is 1.76. The Morgan fingerprint density at radius 3 is 1.04 bits per heavy atom. The second kappa shape index (κ2) is 61.0. The van der Waals surface area contributed by atoms with Gasteiger partial charge in [0.05, 0.1) is 38.6 Å². The number of hydrogen-bond donors (Lipinski definition) is 12. The molecule has 3 fully saturated rings. The molecule has 1 amide bonds. The van der Waals surface area contributed by atoms with Gasteiger partial charge in [0.1, 0.15) is 73.2 Å². The van der Waals surface area contributed by atoms with Gasteiger partial charge in [0, 0.05) is 6.42 Å². The van der Waals surface area contributed by atoms with Crippen LogP contribution in [0.25, 0.3) is 0 Å². The summed E-state index contributed by atoms with van der Waals surface area (Å²) in [4.78, 5) is 13.5. The first-order valence-electron chi connectivity index (χ1n) is 40.4. The van der Waals surface area contributed by atoms with Crippen LogP contribution in [0.15, 0.2) is 48.6 Å². The summed E-state index contributed by atoms with van der Waals surface area (Å²) in [5.74, 6) is -0.270. The smallest absolute Gasteiger partial charge is 0.220 e. The zero-order valence-electron chi connectivity index (χ0n) is 62.0. The average molecular weight is 1410 g/mol. The first-order valence-corrected chi connectivity index (χ1v) is 40.4. The van der Waals surface area contributed by atoms with E-state index in [9.17, 15) is 61.0 Å². The molecule has 17 atom stereocenters. The van der Waals surface area contributed by atoms with Gasteiger partial charge < -0.3 is 89.9 Å². The Morgan fingerprint density at radius 2 is 0.667 bits per heavy atom. The predicted molar refractivity (Wildman–Crippen MR) is 392 cm³/mol. The second-order valence-electron chi connectivity index (χ2n) is 28.9. The Bertz CT molecular complexity index is 1980. The molecule has 0 aromatic rings. The number of carbonyl (C=O) groups excluding carboxylic acids is 1. The fourth-order valence-electron chi connectivity index (χ4n) is 13.6. The van der Waals surface area contributed by atoms with Crippen LogP contribution in [0.1, 0.15) is 322 Å². The molecule has 3 aliphatic heterocycles. The van der Waals surface area contributed by atoms with E-state index in [2.05, 4.69) is 55.6 Å². The van der Waals surface area contributed by atoms with E-state index in [4.69, 9.17) is 28.4 Å². The van der Waals surface area contributed by atoms with Crippen LogP contribution in [0, 0.1) is 0 Å². The zero-order valence-corrected chi connectivity index (χ0v) is 62.0. The summed E-state index contributed by atoms with van der Waals surface area (Å²) in [5, 5.41) is 121. The first kappa shape index (κ1) is 91.0. The highest BCUT2D eigenvalue weighted by Gasteiger charge is 2.54. The standard InChI is InChI=1S/C80H147NO18/c1-3-5-7-9-11-13-15-17-19-21-22-23-24-25-26-27-28-29-30-31-32-33-34-35-36-37-38-39-40-42-44-46-48-50-52-54-56-58-68(86)81-63(64(85)57-55-53-51-49-47-45-43-41-20-18-16-14-12-10-8-6-4-2)62-94-78-74(92)71(89)76(66(60-83)96-78)99-80-75(93)72(90)77(67(61-84)97-80)98-79-73(91)70(88)69(87)65(59-82)95-79/h15,17,21-22,24-25,55,57,63-67,69-80,82-85,87-93H,3-14,16,18-20,23,26-54,56,58-62H2,1-2H3,(H,81,86)/b17-15-,22-21-,25-24-,57-55+. The van der Waals surface area contributed by atoms with Crippen molar-refractivity contribution in [2.45, 2.75) is 426 Å². The third-order valence-corrected chi connectivity index (χ3v) is 20.1. The Labute approximate surface area is 599 Å². The highest BCUT2D eigenvalue weighted by molar-refractivity contribution is 5.76. The quantitative estimate of drug-likeness (QED) is 0.0199. The molecule has 19 heteroatoms. The SMILES string of the molecule is CCCCCCC/C=C\C/C=C\C/C=C\CCCCCCCCCCCCCCCCCCCCCCCCC(=O)NC(COC1OC(CO)C(OC2OC(CO)C(OC3OC(CO)C(O)C(O)C3O)C(O)C2O)C(O)C1O)C(O)/C=C/CCCCCCCCCCCCCCCCC. The molecule has 17 unspecified atom stereocenters. The largest absolute Gasteiger partial charge is 0.394 e. The van der Waals surface area contributed by atoms with Gasteiger partial charge in [-0.1, -0.05) is 306 Å². The maximum Gasteiger partial charge on any atom is 0.220 e. The maximum atomic E-state index is 13.5. The molecule has 0 aromatic heterocycles. The lowest BCUT2D eigenvalue weighted by Gasteiger charge is -2.48. The number of aliphatic hydroxyl groups is 11. The van der Waals surface area contributed by atoms with Crippen molar-refractivity contribution in [3.63, 3.8) is 0 Å². The van der Waals surface area contributed by atoms with Gasteiger partial charge in [-0.25, -0.2) is 0 Å². The number of amides is 1. The molecule has 0 aliphatic carbocycles. The summed E-state index contributed by atoms with van der Waals surface area (Å²) >= 11 is 0. The zero-order chi connectivity index (χ0) is 71.8. The molecule has 580 valence electrons. The molecular formula is C80H147NO18. The third-order valence-electron chi connectivity index (χ3n) is 20.1. The lowest BCUT2D eigenvalue weighted by atomic mass is 9.96. The summed E-state index contributed by atoms with van der Waals surface area (Å²) in [5.41, 5.74) is 0. The Morgan fingerprint density at radius 1 is 0.364 bits per heavy atom. The van der Waals surface area contributed by atoms with Gasteiger partial charge in [0.2, 0.25) is 5.91 Å². The van der Waals surface area contributed by atoms with E-state index in [0.29, 0.717) is 6.42 Å². The molecule has 3 saturated heterocycles. The minimum Gasteiger partial charge on any atom is -0.394 e. The molecule has 19 nitrogen and oxygen atoms in total. The number of aliphatic hydroxyl groups excluding tert-OH is 11. The topological polar surface area (TPSA) is 307 Å². The van der Waals surface area contributed by atoms with Crippen LogP contribution in [0.3, 0.4) is 0 Å². The van der Waals surface area contributed by atoms with Gasteiger partial charge in [0.25, 0.3) is 0 Å². The van der Waals surface area contributed by atoms with Gasteiger partial charge in [-0.3, -0.25) is 4.79 Å². The van der Waals surface area contributed by atoms with E-state index in [1.165, 1.54) is 238 Å². The molecule has 99 heavy (non-hydrogen) atoms. The minimum absolute atomic E-state index is 0.246. The highest BCUT2D eigenvalue weighted by Crippen LogP contribution is 2.33. The number of allylic oxidation sites excluding steroid dienone is 7. The normalized spacial score (nSPS) is 26.8. The van der Waals surface area contributed by atoms with Crippen molar-refractivity contribution in [2.24, 2.45) is 0 Å². The van der Waals surface area contributed by atoms with Crippen molar-refractivity contribution in [2.75, 3.05) is 26.4 Å². The maximum absolute atomic E-state index is 13.5. The summed E-state index contributed by atoms with van der Waals surface area (Å²) < 4.78 is 34.4. The molecular weight excluding hydrogens is 1260 g/mol. The predicted octanol–water partition coefficient (Wildman–Crippen LogP) is 13.3. The van der Waals surface area contributed by atoms with Gasteiger partial charge in [0.15, 0.2) is 18.9 Å². The van der Waals surface area contributed by atoms with Crippen molar-refractivity contribution < 1.29 is 89.4 Å². The van der Waals surface area contributed by atoms with Crippen LogP contribution in [-0.2, 0) is 33.2 Å². The second-order valence-corrected chi connectivity index (χ2v) is 28.9. The molecule has 0 saturated carbocycles. The van der Waals surface area contributed by atoms with Gasteiger partial charge >= 0.3 is 0 Å². The van der Waals surface area contributed by atoms with E-state index in [1.54, 1.807) is 6.08 Å². The third kappa shape index (κ3) is 41.3. The lowest BCUT2D eigenvalue weighted by Crippen LogP contribution is -2.66. The highest BCUT2D eigenvalue weighted by atomic mass is 16.8. The van der Waals surface area contributed by atoms with Crippen molar-refractivity contribution >= 4 is 5.91 Å². The van der Waals surface area contributed by atoms with Crippen LogP contribution in [0.5, 0.6) is 0 Å². The van der Waals surface area contributed by atoms with Crippen molar-refractivity contribution in [3.05, 3.63) is 48.6 Å². The molecule has 0 radical (unpaired) electrons. The van der Waals surface area contributed by atoms with E-state index < -0.39 is 124 Å². The molecule has 3 aliphatic rings. The molecule has 3 heterocycles. The fraction of sp³-hybridized carbons (Fsp3) is 0.887. The number of hydrogen-bond acceptors (Lipinski definition) is 18. The first-order chi connectivity index (χ1) is 48.3. The molecule has 12 N–H and O–H groups in total. The summed E-state index contributed by atoms with van der Waals surface area (Å²) in [6.07, 6.45) is 49.7. The van der Waals surface area contributed by atoms with E-state index >= 15 is 0 Å². The van der Waals surface area contributed by atoms with Crippen LogP contribution >= 0.6 is 0 Å². The Balaban J connectivity index is 1.32. The van der Waals surface area contributed by atoms with Crippen LogP contribution in [0.2, 0.25) is 0 Å². The molecule has 0 spiro atoms. The van der Waals surface area contributed by atoms with Crippen LogP contribution < -0.4 is 5.32 Å². The minimum atomic E-state index is -1.98. The molecule has 0 aromatic carbocycles. The average Bonchev–Trinajstić information content (AvgIpc) is 0.786. The van der Waals surface area contributed by atoms with Crippen molar-refractivity contribution in [1.29, 1.82) is 0 Å². The van der Waals surface area contributed by atoms with Crippen molar-refractivity contribution in [1.82, 2.24) is 5.32 Å². The van der Waals surface area contributed by atoms with E-state index in [1.807, 2.05) is 6.08 Å². The molecule has 0 bridgehead atoms. The van der Waals surface area contributed by atoms with E-state index in [0.717, 1.165) is 57.8 Å².